The van der Waals surface area contributed by atoms with Crippen LogP contribution in [0.2, 0.25) is 0 Å². The summed E-state index contributed by atoms with van der Waals surface area (Å²) < 4.78 is 28.0. The molecule has 1 aromatic carbocycles. The van der Waals surface area contributed by atoms with E-state index in [1.807, 2.05) is 6.07 Å². The fourth-order valence-electron chi connectivity index (χ4n) is 2.50. The first-order valence-electron chi connectivity index (χ1n) is 6.27. The molecule has 0 aliphatic heterocycles. The molecule has 0 amide bonds. The van der Waals surface area contributed by atoms with Crippen molar-refractivity contribution >= 4 is 0 Å². The molecule has 2 saturated carbocycles. The lowest BCUT2D eigenvalue weighted by molar-refractivity contribution is -0.0286. The fourth-order valence-corrected chi connectivity index (χ4v) is 2.50. The largest absolute Gasteiger partial charge is 0.330 e. The molecule has 17 heavy (non-hydrogen) atoms. The van der Waals surface area contributed by atoms with Gasteiger partial charge in [-0.25, -0.2) is 8.78 Å². The molecule has 2 aliphatic rings. The van der Waals surface area contributed by atoms with Crippen molar-refractivity contribution in [3.8, 4) is 0 Å². The van der Waals surface area contributed by atoms with E-state index in [1.54, 1.807) is 18.2 Å². The first kappa shape index (κ1) is 11.1. The molecule has 3 heteroatoms. The maximum absolute atomic E-state index is 14.0. The molecule has 3 rings (SSSR count). The van der Waals surface area contributed by atoms with Gasteiger partial charge in [0.15, 0.2) is 0 Å². The lowest BCUT2D eigenvalue weighted by Gasteiger charge is -2.19. The molecule has 0 unspecified atom stereocenters. The minimum absolute atomic E-state index is 0.00432. The Hall–Kier alpha value is -0.960. The van der Waals surface area contributed by atoms with Crippen LogP contribution < -0.4 is 5.73 Å². The molecule has 2 aliphatic carbocycles. The predicted molar refractivity (Wildman–Crippen MR) is 63.0 cm³/mol. The molecule has 0 radical (unpaired) electrons. The SMILES string of the molecule is NCC1(c2cccc(C(F)(F)C3CC3)c2)CC1. The van der Waals surface area contributed by atoms with E-state index in [4.69, 9.17) is 5.73 Å². The van der Waals surface area contributed by atoms with Gasteiger partial charge in [-0.05, 0) is 37.3 Å². The summed E-state index contributed by atoms with van der Waals surface area (Å²) >= 11 is 0. The quantitative estimate of drug-likeness (QED) is 0.855. The van der Waals surface area contributed by atoms with Crippen LogP contribution in [0.3, 0.4) is 0 Å². The van der Waals surface area contributed by atoms with Gasteiger partial charge in [-0.2, -0.15) is 0 Å². The Bertz CT molecular complexity index is 434. The number of benzene rings is 1. The van der Waals surface area contributed by atoms with Gasteiger partial charge >= 0.3 is 0 Å². The van der Waals surface area contributed by atoms with Gasteiger partial charge in [-0.3, -0.25) is 0 Å². The summed E-state index contributed by atoms with van der Waals surface area (Å²) in [4.78, 5) is 0. The molecular formula is C14H17F2N. The van der Waals surface area contributed by atoms with Gasteiger partial charge in [-0.15, -0.1) is 0 Å². The van der Waals surface area contributed by atoms with E-state index in [9.17, 15) is 8.78 Å². The molecule has 0 aromatic heterocycles. The normalized spacial score (nSPS) is 22.5. The molecular weight excluding hydrogens is 220 g/mol. The van der Waals surface area contributed by atoms with Gasteiger partial charge in [0.05, 0.1) is 0 Å². The second-order valence-corrected chi connectivity index (χ2v) is 5.46. The molecule has 0 spiro atoms. The van der Waals surface area contributed by atoms with E-state index in [0.29, 0.717) is 19.4 Å². The summed E-state index contributed by atoms with van der Waals surface area (Å²) in [7, 11) is 0. The molecule has 0 bridgehead atoms. The molecule has 2 N–H and O–H groups in total. The highest BCUT2D eigenvalue weighted by Crippen LogP contribution is 2.52. The van der Waals surface area contributed by atoms with Crippen LogP contribution in [-0.2, 0) is 11.3 Å². The van der Waals surface area contributed by atoms with Crippen LogP contribution in [0.4, 0.5) is 8.78 Å². The van der Waals surface area contributed by atoms with Gasteiger partial charge in [0.1, 0.15) is 0 Å². The molecule has 0 saturated heterocycles. The highest BCUT2D eigenvalue weighted by Gasteiger charge is 2.49. The second-order valence-electron chi connectivity index (χ2n) is 5.46. The summed E-state index contributed by atoms with van der Waals surface area (Å²) in [5, 5.41) is 0. The van der Waals surface area contributed by atoms with Crippen molar-refractivity contribution in [2.24, 2.45) is 11.7 Å². The third-order valence-electron chi connectivity index (χ3n) is 4.19. The predicted octanol–water partition coefficient (Wildman–Crippen LogP) is 3.18. The van der Waals surface area contributed by atoms with Gasteiger partial charge < -0.3 is 5.73 Å². The van der Waals surface area contributed by atoms with E-state index in [2.05, 4.69) is 0 Å². The molecule has 0 atom stereocenters. The number of hydrogen-bond donors (Lipinski definition) is 1. The fraction of sp³-hybridized carbons (Fsp3) is 0.571. The van der Waals surface area contributed by atoms with Gasteiger partial charge in [0, 0.05) is 23.4 Å². The molecule has 0 heterocycles. The van der Waals surface area contributed by atoms with E-state index in [-0.39, 0.29) is 11.0 Å². The summed E-state index contributed by atoms with van der Waals surface area (Å²) in [6.07, 6.45) is 3.36. The van der Waals surface area contributed by atoms with Gasteiger partial charge in [-0.1, -0.05) is 18.2 Å². The van der Waals surface area contributed by atoms with Crippen LogP contribution in [0.25, 0.3) is 0 Å². The second kappa shape index (κ2) is 3.52. The number of alkyl halides is 2. The number of nitrogens with two attached hydrogens (primary N) is 1. The van der Waals surface area contributed by atoms with E-state index in [1.165, 1.54) is 0 Å². The van der Waals surface area contributed by atoms with Crippen LogP contribution in [0, 0.1) is 5.92 Å². The Balaban J connectivity index is 1.94. The summed E-state index contributed by atoms with van der Waals surface area (Å²) in [5.41, 5.74) is 6.92. The van der Waals surface area contributed by atoms with Crippen molar-refractivity contribution in [2.75, 3.05) is 6.54 Å². The van der Waals surface area contributed by atoms with E-state index < -0.39 is 11.8 Å². The van der Waals surface area contributed by atoms with Crippen LogP contribution in [0.15, 0.2) is 24.3 Å². The van der Waals surface area contributed by atoms with E-state index in [0.717, 1.165) is 18.4 Å². The Labute approximate surface area is 100 Å². The maximum Gasteiger partial charge on any atom is 0.276 e. The Kier molecular flexibility index (Phi) is 2.31. The standard InChI is InChI=1S/C14H17F2N/c15-14(16,10-4-5-10)12-3-1-2-11(8-12)13(9-17)6-7-13/h1-3,8,10H,4-7,9,17H2. The Morgan fingerprint density at radius 3 is 2.53 bits per heavy atom. The minimum atomic E-state index is -2.65. The zero-order valence-electron chi connectivity index (χ0n) is 9.76. The average Bonchev–Trinajstić information content (AvgIpc) is 3.19. The lowest BCUT2D eigenvalue weighted by atomic mass is 9.92. The van der Waals surface area contributed by atoms with E-state index >= 15 is 0 Å². The van der Waals surface area contributed by atoms with Crippen LogP contribution in [-0.4, -0.2) is 6.54 Å². The Morgan fingerprint density at radius 2 is 2.00 bits per heavy atom. The highest BCUT2D eigenvalue weighted by atomic mass is 19.3. The molecule has 2 fully saturated rings. The van der Waals surface area contributed by atoms with Gasteiger partial charge in [0.2, 0.25) is 0 Å². The monoisotopic (exact) mass is 237 g/mol. The zero-order chi connectivity index (χ0) is 12.1. The van der Waals surface area contributed by atoms with Crippen LogP contribution in [0.1, 0.15) is 36.8 Å². The summed E-state index contributed by atoms with van der Waals surface area (Å²) in [6, 6.07) is 6.91. The topological polar surface area (TPSA) is 26.0 Å². The first-order chi connectivity index (χ1) is 8.08. The average molecular weight is 237 g/mol. The highest BCUT2D eigenvalue weighted by molar-refractivity contribution is 5.37. The number of rotatable bonds is 4. The van der Waals surface area contributed by atoms with Crippen molar-refractivity contribution in [3.63, 3.8) is 0 Å². The van der Waals surface area contributed by atoms with Crippen molar-refractivity contribution in [2.45, 2.75) is 37.0 Å². The van der Waals surface area contributed by atoms with Crippen molar-refractivity contribution < 1.29 is 8.78 Å². The summed E-state index contributed by atoms with van der Waals surface area (Å²) in [5.74, 6) is -3.09. The lowest BCUT2D eigenvalue weighted by Crippen LogP contribution is -2.21. The van der Waals surface area contributed by atoms with Crippen LogP contribution in [0.5, 0.6) is 0 Å². The van der Waals surface area contributed by atoms with Crippen molar-refractivity contribution in [1.29, 1.82) is 0 Å². The summed E-state index contributed by atoms with van der Waals surface area (Å²) in [6.45, 7) is 0.561. The van der Waals surface area contributed by atoms with Crippen molar-refractivity contribution in [1.82, 2.24) is 0 Å². The first-order valence-corrected chi connectivity index (χ1v) is 6.27. The maximum atomic E-state index is 14.0. The minimum Gasteiger partial charge on any atom is -0.330 e. The third kappa shape index (κ3) is 1.77. The molecule has 92 valence electrons. The molecule has 1 nitrogen and oxygen atoms in total. The Morgan fingerprint density at radius 1 is 1.29 bits per heavy atom. The molecule has 1 aromatic rings. The third-order valence-corrected chi connectivity index (χ3v) is 4.19. The smallest absolute Gasteiger partial charge is 0.276 e. The van der Waals surface area contributed by atoms with Crippen molar-refractivity contribution in [3.05, 3.63) is 35.4 Å². The van der Waals surface area contributed by atoms with Gasteiger partial charge in [0.25, 0.3) is 5.92 Å². The zero-order valence-corrected chi connectivity index (χ0v) is 9.76. The number of hydrogen-bond acceptors (Lipinski definition) is 1. The number of halogens is 2. The van der Waals surface area contributed by atoms with Crippen LogP contribution >= 0.6 is 0 Å².